The predicted molar refractivity (Wildman–Crippen MR) is 80.0 cm³/mol. The number of likely N-dealkylation sites (tertiary alicyclic amines) is 1. The van der Waals surface area contributed by atoms with E-state index in [-0.39, 0.29) is 12.0 Å². The van der Waals surface area contributed by atoms with E-state index < -0.39 is 0 Å². The number of aryl methyl sites for hydroxylation is 1. The molecule has 5 heteroatoms. The third kappa shape index (κ3) is 3.64. The lowest BCUT2D eigenvalue weighted by molar-refractivity contribution is -0.144. The van der Waals surface area contributed by atoms with Gasteiger partial charge in [-0.15, -0.1) is 0 Å². The van der Waals surface area contributed by atoms with Crippen LogP contribution in [-0.4, -0.2) is 46.4 Å². The Labute approximate surface area is 126 Å². The van der Waals surface area contributed by atoms with Crippen molar-refractivity contribution >= 4 is 5.91 Å². The first-order valence-electron chi connectivity index (χ1n) is 8.04. The summed E-state index contributed by atoms with van der Waals surface area (Å²) in [7, 11) is 0. The summed E-state index contributed by atoms with van der Waals surface area (Å²) in [6, 6.07) is 0.298. The van der Waals surface area contributed by atoms with Crippen molar-refractivity contribution < 1.29 is 9.53 Å². The molecule has 3 rings (SSSR count). The summed E-state index contributed by atoms with van der Waals surface area (Å²) in [6.07, 6.45) is 8.25. The van der Waals surface area contributed by atoms with Crippen LogP contribution in [0.5, 0.6) is 0 Å². The fourth-order valence-electron chi connectivity index (χ4n) is 2.90. The SMILES string of the molecule is Cc1cnn([C@@H]2CCCN(C(=O)[C@@H](C)OCC3CC3)C2)c1. The topological polar surface area (TPSA) is 47.4 Å². The standard InChI is InChI=1S/C16H25N3O2/c1-12-8-17-19(9-12)15-4-3-7-18(10-15)16(20)13(2)21-11-14-5-6-14/h8-9,13-15H,3-7,10-11H2,1-2H3/t13-,15-/m1/s1. The van der Waals surface area contributed by atoms with Gasteiger partial charge in [0.25, 0.3) is 5.91 Å². The van der Waals surface area contributed by atoms with E-state index in [2.05, 4.69) is 11.3 Å². The molecule has 5 nitrogen and oxygen atoms in total. The number of piperidine rings is 1. The maximum absolute atomic E-state index is 12.5. The molecule has 0 unspecified atom stereocenters. The Bertz CT molecular complexity index is 495. The maximum atomic E-state index is 12.5. The molecule has 0 radical (unpaired) electrons. The van der Waals surface area contributed by atoms with Crippen LogP contribution in [0.15, 0.2) is 12.4 Å². The molecule has 0 N–H and O–H groups in total. The lowest BCUT2D eigenvalue weighted by atomic mass is 10.1. The Morgan fingerprint density at radius 2 is 2.29 bits per heavy atom. The average molecular weight is 291 g/mol. The maximum Gasteiger partial charge on any atom is 0.251 e. The number of amides is 1. The van der Waals surface area contributed by atoms with Gasteiger partial charge in [-0.05, 0) is 51.0 Å². The highest BCUT2D eigenvalue weighted by atomic mass is 16.5. The molecule has 1 aromatic heterocycles. The van der Waals surface area contributed by atoms with Crippen LogP contribution in [0.4, 0.5) is 0 Å². The van der Waals surface area contributed by atoms with Crippen LogP contribution in [0.3, 0.4) is 0 Å². The van der Waals surface area contributed by atoms with E-state index in [1.807, 2.05) is 29.6 Å². The van der Waals surface area contributed by atoms with Crippen LogP contribution >= 0.6 is 0 Å². The molecule has 1 amide bonds. The van der Waals surface area contributed by atoms with Crippen LogP contribution in [-0.2, 0) is 9.53 Å². The van der Waals surface area contributed by atoms with E-state index in [4.69, 9.17) is 4.74 Å². The van der Waals surface area contributed by atoms with Crippen molar-refractivity contribution in [1.82, 2.24) is 14.7 Å². The Hall–Kier alpha value is -1.36. The van der Waals surface area contributed by atoms with E-state index in [9.17, 15) is 4.79 Å². The van der Waals surface area contributed by atoms with Crippen molar-refractivity contribution in [3.8, 4) is 0 Å². The van der Waals surface area contributed by atoms with Crippen LogP contribution < -0.4 is 0 Å². The fraction of sp³-hybridized carbons (Fsp3) is 0.750. The number of rotatable bonds is 5. The van der Waals surface area contributed by atoms with Gasteiger partial charge in [-0.3, -0.25) is 9.48 Å². The van der Waals surface area contributed by atoms with Crippen LogP contribution in [0.25, 0.3) is 0 Å². The zero-order valence-corrected chi connectivity index (χ0v) is 13.0. The molecule has 0 bridgehead atoms. The van der Waals surface area contributed by atoms with E-state index >= 15 is 0 Å². The molecule has 2 heterocycles. The van der Waals surface area contributed by atoms with Gasteiger partial charge >= 0.3 is 0 Å². The van der Waals surface area contributed by atoms with Crippen LogP contribution in [0.1, 0.15) is 44.2 Å². The predicted octanol–water partition coefficient (Wildman–Crippen LogP) is 2.17. The monoisotopic (exact) mass is 291 g/mol. The van der Waals surface area contributed by atoms with E-state index in [0.29, 0.717) is 12.0 Å². The number of hydrogen-bond donors (Lipinski definition) is 0. The first-order valence-corrected chi connectivity index (χ1v) is 8.04. The fourth-order valence-corrected chi connectivity index (χ4v) is 2.90. The molecule has 1 aromatic rings. The van der Waals surface area contributed by atoms with Crippen molar-refractivity contribution in [2.75, 3.05) is 19.7 Å². The van der Waals surface area contributed by atoms with Crippen molar-refractivity contribution in [2.45, 2.75) is 51.7 Å². The second kappa shape index (κ2) is 6.18. The van der Waals surface area contributed by atoms with Gasteiger partial charge < -0.3 is 9.64 Å². The summed E-state index contributed by atoms with van der Waals surface area (Å²) in [5.74, 6) is 0.825. The summed E-state index contributed by atoms with van der Waals surface area (Å²) >= 11 is 0. The third-order valence-corrected chi connectivity index (χ3v) is 4.44. The molecule has 2 atom stereocenters. The van der Waals surface area contributed by atoms with Gasteiger partial charge in [0.15, 0.2) is 0 Å². The quantitative estimate of drug-likeness (QED) is 0.835. The summed E-state index contributed by atoms with van der Waals surface area (Å²) in [6.45, 7) is 6.25. The largest absolute Gasteiger partial charge is 0.368 e. The summed E-state index contributed by atoms with van der Waals surface area (Å²) in [5, 5.41) is 4.39. The minimum Gasteiger partial charge on any atom is -0.368 e. The van der Waals surface area contributed by atoms with Crippen molar-refractivity contribution in [2.24, 2.45) is 5.92 Å². The molecule has 1 saturated heterocycles. The van der Waals surface area contributed by atoms with Crippen molar-refractivity contribution in [3.63, 3.8) is 0 Å². The highest BCUT2D eigenvalue weighted by Crippen LogP contribution is 2.29. The third-order valence-electron chi connectivity index (χ3n) is 4.44. The first kappa shape index (κ1) is 14.6. The Morgan fingerprint density at radius 1 is 1.48 bits per heavy atom. The Kier molecular flexibility index (Phi) is 4.29. The van der Waals surface area contributed by atoms with Gasteiger partial charge in [0.1, 0.15) is 6.10 Å². The Morgan fingerprint density at radius 3 is 2.95 bits per heavy atom. The molecule has 21 heavy (non-hydrogen) atoms. The minimum absolute atomic E-state index is 0.129. The highest BCUT2D eigenvalue weighted by Gasteiger charge is 2.30. The van der Waals surface area contributed by atoms with E-state index in [0.717, 1.165) is 32.5 Å². The normalized spacial score (nSPS) is 24.1. The smallest absolute Gasteiger partial charge is 0.251 e. The van der Waals surface area contributed by atoms with Gasteiger partial charge in [-0.2, -0.15) is 5.10 Å². The summed E-state index contributed by atoms with van der Waals surface area (Å²) in [4.78, 5) is 14.4. The minimum atomic E-state index is -0.316. The van der Waals surface area contributed by atoms with Crippen LogP contribution in [0, 0.1) is 12.8 Å². The summed E-state index contributed by atoms with van der Waals surface area (Å²) < 4.78 is 7.72. The van der Waals surface area contributed by atoms with Crippen LogP contribution in [0.2, 0.25) is 0 Å². The zero-order chi connectivity index (χ0) is 14.8. The van der Waals surface area contributed by atoms with Gasteiger partial charge in [0.05, 0.1) is 18.8 Å². The van der Waals surface area contributed by atoms with E-state index in [1.54, 1.807) is 0 Å². The second-order valence-corrected chi connectivity index (χ2v) is 6.50. The molecular formula is C16H25N3O2. The Balaban J connectivity index is 1.55. The molecule has 0 spiro atoms. The second-order valence-electron chi connectivity index (χ2n) is 6.50. The number of nitrogens with zero attached hydrogens (tertiary/aromatic N) is 3. The molecule has 2 fully saturated rings. The number of aromatic nitrogens is 2. The molecule has 0 aromatic carbocycles. The van der Waals surface area contributed by atoms with Gasteiger partial charge in [0.2, 0.25) is 0 Å². The molecule has 2 aliphatic rings. The number of carbonyl (C=O) groups is 1. The lowest BCUT2D eigenvalue weighted by Crippen LogP contribution is -2.45. The van der Waals surface area contributed by atoms with E-state index in [1.165, 1.54) is 18.4 Å². The first-order chi connectivity index (χ1) is 10.1. The number of carbonyl (C=O) groups excluding carboxylic acids is 1. The highest BCUT2D eigenvalue weighted by molar-refractivity contribution is 5.80. The van der Waals surface area contributed by atoms with Crippen molar-refractivity contribution in [1.29, 1.82) is 0 Å². The lowest BCUT2D eigenvalue weighted by Gasteiger charge is -2.34. The molecule has 1 aliphatic carbocycles. The average Bonchev–Trinajstić information content (AvgIpc) is 3.24. The molecule has 1 aliphatic heterocycles. The molecular weight excluding hydrogens is 266 g/mol. The summed E-state index contributed by atoms with van der Waals surface area (Å²) in [5.41, 5.74) is 1.17. The van der Waals surface area contributed by atoms with Gasteiger partial charge in [-0.1, -0.05) is 0 Å². The van der Waals surface area contributed by atoms with Gasteiger partial charge in [-0.25, -0.2) is 0 Å². The van der Waals surface area contributed by atoms with Gasteiger partial charge in [0, 0.05) is 19.3 Å². The zero-order valence-electron chi connectivity index (χ0n) is 13.0. The number of hydrogen-bond acceptors (Lipinski definition) is 3. The molecule has 116 valence electrons. The molecule has 1 saturated carbocycles. The van der Waals surface area contributed by atoms with Crippen molar-refractivity contribution in [3.05, 3.63) is 18.0 Å². The number of ether oxygens (including phenoxy) is 1.